The van der Waals surface area contributed by atoms with Gasteiger partial charge in [0.25, 0.3) is 0 Å². The summed E-state index contributed by atoms with van der Waals surface area (Å²) in [5.74, 6) is 0.735. The summed E-state index contributed by atoms with van der Waals surface area (Å²) in [6.07, 6.45) is 1.46. The number of esters is 1. The van der Waals surface area contributed by atoms with Crippen molar-refractivity contribution in [3.63, 3.8) is 0 Å². The van der Waals surface area contributed by atoms with Crippen molar-refractivity contribution >= 4 is 22.8 Å². The maximum absolute atomic E-state index is 11.6. The molecule has 0 amide bonds. The van der Waals surface area contributed by atoms with Gasteiger partial charge in [-0.3, -0.25) is 0 Å². The molecular weight excluding hydrogens is 282 g/mol. The number of fused-ring (bicyclic) bond motifs is 1. The Morgan fingerprint density at radius 2 is 1.95 bits per heavy atom. The minimum absolute atomic E-state index is 0.325. The quantitative estimate of drug-likeness (QED) is 0.746. The number of carbonyl (C=O) groups excluding carboxylic acids is 1. The molecule has 6 heteroatoms. The number of furan rings is 1. The van der Waals surface area contributed by atoms with Gasteiger partial charge in [0.15, 0.2) is 0 Å². The second-order valence-electron chi connectivity index (χ2n) is 4.75. The zero-order chi connectivity index (χ0) is 15.5. The van der Waals surface area contributed by atoms with Crippen LogP contribution >= 0.6 is 0 Å². The van der Waals surface area contributed by atoms with Gasteiger partial charge in [0.1, 0.15) is 17.1 Å². The molecule has 3 aromatic rings. The Balaban J connectivity index is 1.84. The van der Waals surface area contributed by atoms with Crippen LogP contribution in [-0.4, -0.2) is 23.0 Å². The van der Waals surface area contributed by atoms with Crippen molar-refractivity contribution in [1.29, 1.82) is 0 Å². The number of rotatable bonds is 4. The number of anilines is 1. The molecule has 3 rings (SSSR count). The predicted octanol–water partition coefficient (Wildman–Crippen LogP) is 2.93. The highest BCUT2D eigenvalue weighted by atomic mass is 16.5. The highest BCUT2D eigenvalue weighted by molar-refractivity contribution is 5.90. The summed E-state index contributed by atoms with van der Waals surface area (Å²) in [6.45, 7) is 2.20. The van der Waals surface area contributed by atoms with Crippen molar-refractivity contribution in [2.24, 2.45) is 0 Å². The van der Waals surface area contributed by atoms with Crippen molar-refractivity contribution in [2.45, 2.75) is 13.5 Å². The fourth-order valence-corrected chi connectivity index (χ4v) is 2.19. The Bertz CT molecular complexity index is 826. The molecule has 0 unspecified atom stereocenters. The lowest BCUT2D eigenvalue weighted by molar-refractivity contribution is 0.0598. The minimum atomic E-state index is -0.424. The summed E-state index contributed by atoms with van der Waals surface area (Å²) < 4.78 is 10.0. The Labute approximate surface area is 127 Å². The zero-order valence-electron chi connectivity index (χ0n) is 12.3. The smallest absolute Gasteiger partial charge is 0.341 e. The molecule has 22 heavy (non-hydrogen) atoms. The summed E-state index contributed by atoms with van der Waals surface area (Å²) in [6, 6.07) is 9.25. The van der Waals surface area contributed by atoms with Crippen LogP contribution in [0.2, 0.25) is 0 Å². The van der Waals surface area contributed by atoms with Crippen LogP contribution in [0.25, 0.3) is 11.0 Å². The van der Waals surface area contributed by atoms with E-state index in [-0.39, 0.29) is 0 Å². The monoisotopic (exact) mass is 297 g/mol. The summed E-state index contributed by atoms with van der Waals surface area (Å²) in [7, 11) is 1.34. The van der Waals surface area contributed by atoms with Crippen molar-refractivity contribution in [1.82, 2.24) is 9.97 Å². The lowest BCUT2D eigenvalue weighted by Crippen LogP contribution is -2.09. The van der Waals surface area contributed by atoms with Crippen molar-refractivity contribution in [3.05, 3.63) is 53.6 Å². The first kappa shape index (κ1) is 14.1. The molecule has 0 atom stereocenters. The first-order valence-corrected chi connectivity index (χ1v) is 6.81. The Morgan fingerprint density at radius 1 is 1.23 bits per heavy atom. The minimum Gasteiger partial charge on any atom is -0.467 e. The van der Waals surface area contributed by atoms with E-state index in [1.54, 1.807) is 6.07 Å². The summed E-state index contributed by atoms with van der Waals surface area (Å²) in [4.78, 5) is 20.6. The molecule has 0 radical (unpaired) electrons. The van der Waals surface area contributed by atoms with Crippen molar-refractivity contribution in [3.8, 4) is 0 Å². The maximum Gasteiger partial charge on any atom is 0.341 e. The Morgan fingerprint density at radius 3 is 2.68 bits per heavy atom. The highest BCUT2D eigenvalue weighted by Crippen LogP contribution is 2.18. The van der Waals surface area contributed by atoms with E-state index in [4.69, 9.17) is 9.15 Å². The molecule has 112 valence electrons. The first-order valence-electron chi connectivity index (χ1n) is 6.81. The van der Waals surface area contributed by atoms with E-state index in [2.05, 4.69) is 15.3 Å². The first-order chi connectivity index (χ1) is 10.7. The summed E-state index contributed by atoms with van der Waals surface area (Å²) >= 11 is 0. The summed E-state index contributed by atoms with van der Waals surface area (Å²) in [5.41, 5.74) is 2.84. The van der Waals surface area contributed by atoms with E-state index >= 15 is 0 Å². The number of carbonyl (C=O) groups is 1. The lowest BCUT2D eigenvalue weighted by Gasteiger charge is -2.09. The normalized spacial score (nSPS) is 10.6. The molecule has 0 saturated carbocycles. The number of ether oxygens (including phenoxy) is 1. The van der Waals surface area contributed by atoms with Gasteiger partial charge in [0, 0.05) is 0 Å². The second-order valence-corrected chi connectivity index (χ2v) is 4.75. The number of nitrogens with zero attached hydrogens (tertiary/aromatic N) is 2. The van der Waals surface area contributed by atoms with Gasteiger partial charge in [0.05, 0.1) is 36.6 Å². The van der Waals surface area contributed by atoms with Gasteiger partial charge in [0.2, 0.25) is 0 Å². The Kier molecular flexibility index (Phi) is 3.74. The van der Waals surface area contributed by atoms with Gasteiger partial charge in [-0.25, -0.2) is 14.8 Å². The van der Waals surface area contributed by atoms with Gasteiger partial charge >= 0.3 is 5.97 Å². The molecule has 0 spiro atoms. The van der Waals surface area contributed by atoms with Crippen LogP contribution in [-0.2, 0) is 11.3 Å². The van der Waals surface area contributed by atoms with Gasteiger partial charge in [-0.1, -0.05) is 12.1 Å². The summed E-state index contributed by atoms with van der Waals surface area (Å²) in [5, 5.41) is 3.15. The molecule has 6 nitrogen and oxygen atoms in total. The topological polar surface area (TPSA) is 77.2 Å². The number of hydrogen-bond donors (Lipinski definition) is 1. The number of aryl methyl sites for hydroxylation is 1. The highest BCUT2D eigenvalue weighted by Gasteiger charge is 2.15. The number of aromatic nitrogens is 2. The van der Waals surface area contributed by atoms with Gasteiger partial charge < -0.3 is 14.5 Å². The van der Waals surface area contributed by atoms with E-state index in [0.717, 1.165) is 16.7 Å². The Hall–Kier alpha value is -2.89. The number of hydrogen-bond acceptors (Lipinski definition) is 6. The van der Waals surface area contributed by atoms with Crippen LogP contribution in [0.15, 0.2) is 41.0 Å². The molecule has 2 heterocycles. The molecule has 1 N–H and O–H groups in total. The van der Waals surface area contributed by atoms with E-state index < -0.39 is 5.97 Å². The molecule has 1 aromatic carbocycles. The van der Waals surface area contributed by atoms with Gasteiger partial charge in [-0.05, 0) is 25.1 Å². The van der Waals surface area contributed by atoms with Crippen molar-refractivity contribution < 1.29 is 13.9 Å². The van der Waals surface area contributed by atoms with E-state index in [1.165, 1.54) is 13.4 Å². The standard InChI is InChI=1S/C16H15N3O3/c1-10-15(19-13-6-4-3-5-12(13)18-10)17-9-14-11(7-8-22-14)16(20)21-2/h3-8H,9H2,1-2H3,(H,17,19). The van der Waals surface area contributed by atoms with E-state index in [1.807, 2.05) is 31.2 Å². The van der Waals surface area contributed by atoms with Crippen LogP contribution in [0.4, 0.5) is 5.82 Å². The molecule has 0 aliphatic rings. The fourth-order valence-electron chi connectivity index (χ4n) is 2.19. The maximum atomic E-state index is 11.6. The molecule has 0 bridgehead atoms. The molecule has 0 saturated heterocycles. The number of benzene rings is 1. The number of methoxy groups -OCH3 is 1. The van der Waals surface area contributed by atoms with Crippen LogP contribution < -0.4 is 5.32 Å². The third-order valence-electron chi connectivity index (χ3n) is 3.31. The molecular formula is C16H15N3O3. The van der Waals surface area contributed by atoms with Crippen LogP contribution in [0, 0.1) is 6.92 Å². The van der Waals surface area contributed by atoms with Gasteiger partial charge in [-0.2, -0.15) is 0 Å². The fraction of sp³-hybridized carbons (Fsp3) is 0.188. The average molecular weight is 297 g/mol. The van der Waals surface area contributed by atoms with Crippen LogP contribution in [0.1, 0.15) is 21.8 Å². The lowest BCUT2D eigenvalue weighted by atomic mass is 10.2. The molecule has 2 aromatic heterocycles. The third kappa shape index (κ3) is 2.63. The van der Waals surface area contributed by atoms with Crippen molar-refractivity contribution in [2.75, 3.05) is 12.4 Å². The SMILES string of the molecule is COC(=O)c1ccoc1CNc1nc2ccccc2nc1C. The molecule has 0 fully saturated rings. The predicted molar refractivity (Wildman–Crippen MR) is 81.6 cm³/mol. The number of nitrogens with one attached hydrogen (secondary N) is 1. The third-order valence-corrected chi connectivity index (χ3v) is 3.31. The zero-order valence-corrected chi connectivity index (χ0v) is 12.3. The number of para-hydroxylation sites is 2. The van der Waals surface area contributed by atoms with Crippen LogP contribution in [0.5, 0.6) is 0 Å². The van der Waals surface area contributed by atoms with Crippen LogP contribution in [0.3, 0.4) is 0 Å². The largest absolute Gasteiger partial charge is 0.467 e. The van der Waals surface area contributed by atoms with Gasteiger partial charge in [-0.15, -0.1) is 0 Å². The second kappa shape index (κ2) is 5.85. The molecule has 0 aliphatic carbocycles. The molecule has 0 aliphatic heterocycles. The van der Waals surface area contributed by atoms with E-state index in [9.17, 15) is 4.79 Å². The van der Waals surface area contributed by atoms with E-state index in [0.29, 0.717) is 23.7 Å². The average Bonchev–Trinajstić information content (AvgIpc) is 3.00.